The molecule has 4 fully saturated rings. The van der Waals surface area contributed by atoms with Gasteiger partial charge in [-0.15, -0.1) is 0 Å². The van der Waals surface area contributed by atoms with Crippen molar-refractivity contribution in [1.29, 1.82) is 0 Å². The minimum Gasteiger partial charge on any atom is -0.481 e. The number of imidazole rings is 1. The third kappa shape index (κ3) is 6.43. The van der Waals surface area contributed by atoms with Gasteiger partial charge in [0.15, 0.2) is 5.82 Å². The Hall–Kier alpha value is -4.56. The number of nitrogens with one attached hydrogen (secondary N) is 3. The average Bonchev–Trinajstić information content (AvgIpc) is 3.68. The van der Waals surface area contributed by atoms with Gasteiger partial charge < -0.3 is 30.4 Å². The van der Waals surface area contributed by atoms with Crippen LogP contribution in [0.15, 0.2) is 42.6 Å². The molecule has 4 N–H and O–H groups in total. The third-order valence-electron chi connectivity index (χ3n) is 11.3. The molecule has 5 aliphatic rings. The average molecular weight is 760 g/mol. The van der Waals surface area contributed by atoms with E-state index < -0.39 is 11.4 Å². The molecule has 1 unspecified atom stereocenters. The summed E-state index contributed by atoms with van der Waals surface area (Å²) in [7, 11) is 3.42. The zero-order chi connectivity index (χ0) is 37.1. The van der Waals surface area contributed by atoms with E-state index in [0.717, 1.165) is 62.1 Å². The van der Waals surface area contributed by atoms with Gasteiger partial charge in [-0.1, -0.05) is 41.4 Å². The molecular weight excluding hydrogens is 719 g/mol. The molecule has 2 aliphatic heterocycles. The van der Waals surface area contributed by atoms with E-state index in [2.05, 4.69) is 25.8 Å². The minimum atomic E-state index is -0.669. The third-order valence-corrected chi connectivity index (χ3v) is 12.1. The Kier molecular flexibility index (Phi) is 9.16. The minimum absolute atomic E-state index is 0.0817. The molecule has 1 atom stereocenters. The van der Waals surface area contributed by atoms with Crippen LogP contribution in [0.25, 0.3) is 22.5 Å². The molecule has 1 saturated heterocycles. The van der Waals surface area contributed by atoms with Crippen molar-refractivity contribution >= 4 is 46.7 Å². The van der Waals surface area contributed by atoms with E-state index in [1.807, 2.05) is 23.7 Å². The highest BCUT2D eigenvalue weighted by Gasteiger charge is 2.71. The monoisotopic (exact) mass is 758 g/mol. The first-order valence-electron chi connectivity index (χ1n) is 17.8. The number of aliphatic carboxylic acids is 1. The largest absolute Gasteiger partial charge is 0.481 e. The number of nitrogens with zero attached hydrogens (tertiary/aromatic N) is 5. The van der Waals surface area contributed by atoms with Crippen LogP contribution >= 0.6 is 23.2 Å². The van der Waals surface area contributed by atoms with E-state index in [1.54, 1.807) is 37.6 Å². The summed E-state index contributed by atoms with van der Waals surface area (Å²) in [6.45, 7) is 3.48. The summed E-state index contributed by atoms with van der Waals surface area (Å²) < 4.78 is 7.47. The van der Waals surface area contributed by atoms with Gasteiger partial charge in [0, 0.05) is 87.2 Å². The number of benzene rings is 1. The van der Waals surface area contributed by atoms with Crippen LogP contribution in [0.5, 0.6) is 5.88 Å². The van der Waals surface area contributed by atoms with Gasteiger partial charge in [-0.25, -0.2) is 9.97 Å². The number of hydrogen-bond acceptors (Lipinski definition) is 9. The van der Waals surface area contributed by atoms with Crippen LogP contribution in [0.2, 0.25) is 10.0 Å². The molecule has 4 aromatic rings. The summed E-state index contributed by atoms with van der Waals surface area (Å²) in [5, 5.41) is 19.4. The fraction of sp³-hybridized carbons (Fsp3) is 0.421. The number of aromatic nitrogens is 4. The number of anilines is 1. The number of hydrogen-bond donors (Lipinski definition) is 4. The molecule has 3 saturated carbocycles. The van der Waals surface area contributed by atoms with Gasteiger partial charge in [-0.2, -0.15) is 0 Å². The molecule has 3 aromatic heterocycles. The number of fused-ring (bicyclic) bond motifs is 1. The summed E-state index contributed by atoms with van der Waals surface area (Å²) in [6, 6.07) is 11.0. The lowest BCUT2D eigenvalue weighted by Gasteiger charge is -2.69. The van der Waals surface area contributed by atoms with E-state index in [1.165, 1.54) is 0 Å². The zero-order valence-corrected chi connectivity index (χ0v) is 31.0. The SMILES string of the molecule is COc1nc(-c2ccnc(-c3cccc(NC(=O)c4nc5c(n4C)CCN(CC46CC(C(=O)O)(C4)C6)C5)c3Cl)c2Cl)ccc1CNCC1CCC(=O)N1. The molecule has 276 valence electrons. The Morgan fingerprint density at radius 3 is 2.62 bits per heavy atom. The van der Waals surface area contributed by atoms with Crippen molar-refractivity contribution in [2.45, 2.75) is 57.7 Å². The van der Waals surface area contributed by atoms with Gasteiger partial charge in [0.1, 0.15) is 0 Å². The number of methoxy groups -OCH3 is 1. The van der Waals surface area contributed by atoms with Crippen LogP contribution in [0.4, 0.5) is 5.69 Å². The highest BCUT2D eigenvalue weighted by Crippen LogP contribution is 2.73. The van der Waals surface area contributed by atoms with E-state index in [0.29, 0.717) is 65.2 Å². The van der Waals surface area contributed by atoms with E-state index in [-0.39, 0.29) is 34.1 Å². The quantitative estimate of drug-likeness (QED) is 0.153. The lowest BCUT2D eigenvalue weighted by Crippen LogP contribution is -2.68. The van der Waals surface area contributed by atoms with Crippen LogP contribution in [-0.4, -0.2) is 80.1 Å². The maximum Gasteiger partial charge on any atom is 0.309 e. The molecule has 9 rings (SSSR count). The fourth-order valence-electron chi connectivity index (χ4n) is 8.75. The fourth-order valence-corrected chi connectivity index (χ4v) is 9.32. The number of amides is 2. The molecule has 15 heteroatoms. The molecule has 2 bridgehead atoms. The Morgan fingerprint density at radius 1 is 1.08 bits per heavy atom. The van der Waals surface area contributed by atoms with Gasteiger partial charge in [-0.3, -0.25) is 24.3 Å². The van der Waals surface area contributed by atoms with Crippen LogP contribution < -0.4 is 20.7 Å². The number of rotatable bonds is 12. The summed E-state index contributed by atoms with van der Waals surface area (Å²) in [5.41, 5.74) is 4.95. The molecule has 53 heavy (non-hydrogen) atoms. The van der Waals surface area contributed by atoms with Gasteiger partial charge in [0.2, 0.25) is 11.8 Å². The number of carbonyl (C=O) groups is 3. The standard InChI is InChI=1S/C38H40Cl2N8O5/c1-47-28-11-13-48(20-37-17-38(18-37,19-37)36(51)52)16-27(28)44-33(47)34(50)45-26-5-3-4-24(30(26)39)32-31(40)23(10-12-42-32)25-8-6-21(35(46-25)53-2)14-41-15-22-7-9-29(49)43-22/h3-6,8,10,12,22,41H,7,9,11,13-20H2,1-2H3,(H,43,49)(H,45,50)(H,51,52). The van der Waals surface area contributed by atoms with E-state index >= 15 is 0 Å². The number of ether oxygens (including phenoxy) is 1. The second kappa shape index (κ2) is 13.7. The predicted molar refractivity (Wildman–Crippen MR) is 199 cm³/mol. The number of halogens is 2. The number of carboxylic acid groups (broad SMARTS) is 1. The summed E-state index contributed by atoms with van der Waals surface area (Å²) in [4.78, 5) is 53.1. The van der Waals surface area contributed by atoms with Crippen LogP contribution in [0.3, 0.4) is 0 Å². The molecule has 3 aliphatic carbocycles. The Balaban J connectivity index is 0.959. The maximum absolute atomic E-state index is 13.7. The van der Waals surface area contributed by atoms with Crippen LogP contribution in [0, 0.1) is 10.8 Å². The Labute approximate surface area is 316 Å². The van der Waals surface area contributed by atoms with E-state index in [4.69, 9.17) is 37.9 Å². The predicted octanol–water partition coefficient (Wildman–Crippen LogP) is 5.09. The Morgan fingerprint density at radius 2 is 1.89 bits per heavy atom. The second-order valence-electron chi connectivity index (χ2n) is 14.9. The van der Waals surface area contributed by atoms with Gasteiger partial charge >= 0.3 is 5.97 Å². The van der Waals surface area contributed by atoms with Gasteiger partial charge in [0.05, 0.1) is 45.3 Å². The van der Waals surface area contributed by atoms with Crippen LogP contribution in [-0.2, 0) is 36.1 Å². The second-order valence-corrected chi connectivity index (χ2v) is 15.7. The summed E-state index contributed by atoms with van der Waals surface area (Å²) in [5.74, 6) is -0.233. The molecule has 0 spiro atoms. The first-order valence-corrected chi connectivity index (χ1v) is 18.5. The topological polar surface area (TPSA) is 164 Å². The van der Waals surface area contributed by atoms with Crippen molar-refractivity contribution in [3.63, 3.8) is 0 Å². The van der Waals surface area contributed by atoms with Crippen molar-refractivity contribution in [1.82, 2.24) is 35.1 Å². The first-order chi connectivity index (χ1) is 25.5. The van der Waals surface area contributed by atoms with Crippen molar-refractivity contribution in [3.8, 4) is 28.4 Å². The summed E-state index contributed by atoms with van der Waals surface area (Å²) >= 11 is 13.9. The molecule has 2 amide bonds. The Bertz CT molecular complexity index is 2130. The highest BCUT2D eigenvalue weighted by atomic mass is 35.5. The first kappa shape index (κ1) is 35.5. The molecular formula is C38H40Cl2N8O5. The zero-order valence-electron chi connectivity index (χ0n) is 29.5. The van der Waals surface area contributed by atoms with Crippen molar-refractivity contribution in [2.75, 3.05) is 32.1 Å². The molecule has 1 aromatic carbocycles. The highest BCUT2D eigenvalue weighted by molar-refractivity contribution is 6.39. The molecule has 5 heterocycles. The number of carbonyl (C=O) groups excluding carboxylic acids is 2. The van der Waals surface area contributed by atoms with Crippen molar-refractivity contribution < 1.29 is 24.2 Å². The number of carboxylic acids is 1. The molecule has 13 nitrogen and oxygen atoms in total. The number of pyridine rings is 2. The van der Waals surface area contributed by atoms with E-state index in [9.17, 15) is 19.5 Å². The van der Waals surface area contributed by atoms with Gasteiger partial charge in [0.25, 0.3) is 5.91 Å². The van der Waals surface area contributed by atoms with Gasteiger partial charge in [-0.05, 0) is 49.3 Å². The lowest BCUT2D eigenvalue weighted by molar-refractivity contribution is -0.228. The molecule has 0 radical (unpaired) electrons. The van der Waals surface area contributed by atoms with Crippen molar-refractivity contribution in [3.05, 3.63) is 75.4 Å². The smallest absolute Gasteiger partial charge is 0.309 e. The lowest BCUT2D eigenvalue weighted by atomic mass is 9.35. The van der Waals surface area contributed by atoms with Crippen LogP contribution in [0.1, 0.15) is 59.7 Å². The summed E-state index contributed by atoms with van der Waals surface area (Å²) in [6.07, 6.45) is 6.01. The maximum atomic E-state index is 13.7. The normalized spacial score (nSPS) is 23.1. The van der Waals surface area contributed by atoms with Crippen molar-refractivity contribution in [2.24, 2.45) is 17.9 Å².